The summed E-state index contributed by atoms with van der Waals surface area (Å²) in [4.78, 5) is 32.5. The molecule has 2 atom stereocenters. The first-order valence-electron chi connectivity index (χ1n) is 13.3. The number of methoxy groups -OCH3 is 1. The lowest BCUT2D eigenvalue weighted by Gasteiger charge is -2.57. The lowest BCUT2D eigenvalue weighted by atomic mass is 9.49. The van der Waals surface area contributed by atoms with Crippen molar-refractivity contribution in [3.63, 3.8) is 0 Å². The molecule has 4 aliphatic rings. The Kier molecular flexibility index (Phi) is 7.89. The zero-order valence-corrected chi connectivity index (χ0v) is 22.3. The van der Waals surface area contributed by atoms with Crippen molar-refractivity contribution in [2.75, 3.05) is 52.9 Å². The molecule has 192 valence electrons. The van der Waals surface area contributed by atoms with E-state index in [2.05, 4.69) is 38.7 Å². The maximum Gasteiger partial charge on any atom is 0.254 e. The molecular weight excluding hydrogens is 438 g/mol. The fourth-order valence-corrected chi connectivity index (χ4v) is 6.01. The average Bonchev–Trinajstić information content (AvgIpc) is 2.86. The van der Waals surface area contributed by atoms with Gasteiger partial charge in [0.2, 0.25) is 5.91 Å². The van der Waals surface area contributed by atoms with E-state index in [1.807, 2.05) is 34.1 Å². The van der Waals surface area contributed by atoms with Crippen LogP contribution in [0.2, 0.25) is 0 Å². The normalized spacial score (nSPS) is 23.5. The summed E-state index contributed by atoms with van der Waals surface area (Å²) in [5, 5.41) is 0. The molecule has 5 rings (SSSR count). The predicted molar refractivity (Wildman–Crippen MR) is 139 cm³/mol. The van der Waals surface area contributed by atoms with Crippen LogP contribution in [0, 0.1) is 23.2 Å². The number of nitrogens with zero attached hydrogens (tertiary/aromatic N) is 3. The van der Waals surface area contributed by atoms with Gasteiger partial charge in [-0.3, -0.25) is 14.5 Å². The number of rotatable bonds is 9. The van der Waals surface area contributed by atoms with E-state index < -0.39 is 0 Å². The van der Waals surface area contributed by atoms with Gasteiger partial charge in [0.15, 0.2) is 0 Å². The summed E-state index contributed by atoms with van der Waals surface area (Å²) in [5.41, 5.74) is 2.48. The molecule has 1 aromatic rings. The Morgan fingerprint density at radius 1 is 1.11 bits per heavy atom. The molecule has 35 heavy (non-hydrogen) atoms. The van der Waals surface area contributed by atoms with E-state index in [4.69, 9.17) is 4.74 Å². The maximum absolute atomic E-state index is 13.6. The smallest absolute Gasteiger partial charge is 0.254 e. The molecule has 6 nitrogen and oxygen atoms in total. The molecule has 0 radical (unpaired) electrons. The van der Waals surface area contributed by atoms with Gasteiger partial charge in [-0.2, -0.15) is 0 Å². The van der Waals surface area contributed by atoms with E-state index in [1.165, 1.54) is 12.0 Å². The minimum Gasteiger partial charge on any atom is -0.497 e. The molecule has 2 bridgehead atoms. The van der Waals surface area contributed by atoms with Crippen LogP contribution >= 0.6 is 0 Å². The van der Waals surface area contributed by atoms with Crippen LogP contribution in [0.25, 0.3) is 0 Å². The van der Waals surface area contributed by atoms with E-state index in [0.29, 0.717) is 42.3 Å². The van der Waals surface area contributed by atoms with Crippen molar-refractivity contribution in [3.8, 4) is 5.75 Å². The van der Waals surface area contributed by atoms with Gasteiger partial charge in [0.25, 0.3) is 5.91 Å². The fraction of sp³-hybridized carbons (Fsp3) is 0.655. The Bertz CT molecular complexity index is 929. The zero-order chi connectivity index (χ0) is 25.2. The molecule has 1 aromatic carbocycles. The lowest BCUT2D eigenvalue weighted by molar-refractivity contribution is -0.133. The van der Waals surface area contributed by atoms with Crippen molar-refractivity contribution < 1.29 is 14.3 Å². The second-order valence-electron chi connectivity index (χ2n) is 11.6. The van der Waals surface area contributed by atoms with Gasteiger partial charge in [0, 0.05) is 57.8 Å². The van der Waals surface area contributed by atoms with E-state index >= 15 is 0 Å². The largest absolute Gasteiger partial charge is 0.497 e. The molecule has 6 heteroatoms. The van der Waals surface area contributed by atoms with Crippen molar-refractivity contribution in [2.45, 2.75) is 47.0 Å². The first-order valence-corrected chi connectivity index (χ1v) is 13.3. The number of ether oxygens (including phenoxy) is 1. The monoisotopic (exact) mass is 481 g/mol. The summed E-state index contributed by atoms with van der Waals surface area (Å²) in [7, 11) is 1.64. The SMILES string of the molecule is COc1ccc(C(=O)N(CCN2CCN(C(=O)CC(C)C)CC2)CC2=CCC3CC2C3(C)C)cc1. The van der Waals surface area contributed by atoms with Crippen LogP contribution in [-0.4, -0.2) is 79.4 Å². The molecule has 0 N–H and O–H groups in total. The number of allylic oxidation sites excluding steroid dienone is 1. The highest BCUT2D eigenvalue weighted by Gasteiger charge is 2.51. The topological polar surface area (TPSA) is 53.1 Å². The first-order chi connectivity index (χ1) is 16.7. The van der Waals surface area contributed by atoms with Gasteiger partial charge in [-0.25, -0.2) is 0 Å². The van der Waals surface area contributed by atoms with Crippen molar-refractivity contribution >= 4 is 11.8 Å². The molecule has 0 spiro atoms. The fourth-order valence-electron chi connectivity index (χ4n) is 6.01. The van der Waals surface area contributed by atoms with Gasteiger partial charge in [0.1, 0.15) is 5.75 Å². The first kappa shape index (κ1) is 25.7. The Morgan fingerprint density at radius 3 is 2.37 bits per heavy atom. The highest BCUT2D eigenvalue weighted by atomic mass is 16.5. The van der Waals surface area contributed by atoms with Gasteiger partial charge < -0.3 is 14.5 Å². The van der Waals surface area contributed by atoms with E-state index in [1.54, 1.807) is 7.11 Å². The lowest BCUT2D eigenvalue weighted by Crippen LogP contribution is -2.52. The Morgan fingerprint density at radius 2 is 1.80 bits per heavy atom. The number of carbonyl (C=O) groups is 2. The van der Waals surface area contributed by atoms with Gasteiger partial charge in [0.05, 0.1) is 7.11 Å². The maximum atomic E-state index is 13.6. The number of amides is 2. The second kappa shape index (κ2) is 10.7. The van der Waals surface area contributed by atoms with Crippen LogP contribution in [-0.2, 0) is 4.79 Å². The highest BCUT2D eigenvalue weighted by molar-refractivity contribution is 5.94. The molecular formula is C29H43N3O3. The molecule has 1 saturated heterocycles. The van der Waals surface area contributed by atoms with E-state index in [9.17, 15) is 9.59 Å². The molecule has 1 saturated carbocycles. The third-order valence-electron chi connectivity index (χ3n) is 8.57. The van der Waals surface area contributed by atoms with Crippen molar-refractivity contribution in [2.24, 2.45) is 23.2 Å². The summed E-state index contributed by atoms with van der Waals surface area (Å²) in [6, 6.07) is 7.45. The molecule has 3 aliphatic carbocycles. The molecule has 0 aromatic heterocycles. The number of piperazine rings is 1. The number of hydrogen-bond acceptors (Lipinski definition) is 4. The molecule has 1 aliphatic heterocycles. The second-order valence-corrected chi connectivity index (χ2v) is 11.6. The highest BCUT2D eigenvalue weighted by Crippen LogP contribution is 2.59. The Balaban J connectivity index is 1.40. The van der Waals surface area contributed by atoms with E-state index in [0.717, 1.165) is 50.8 Å². The van der Waals surface area contributed by atoms with Gasteiger partial charge in [-0.05, 0) is 60.3 Å². The van der Waals surface area contributed by atoms with Crippen LogP contribution in [0.1, 0.15) is 57.3 Å². The number of fused-ring (bicyclic) bond motifs is 1. The average molecular weight is 482 g/mol. The standard InChI is InChI=1S/C29H43N3O3/c1-21(2)18-27(33)31-15-12-30(13-16-31)14-17-32(28(34)22-7-10-25(35-5)11-8-22)20-23-6-9-24-19-26(23)29(24,3)4/h6-8,10-11,21,24,26H,9,12-20H2,1-5H3. The minimum absolute atomic E-state index is 0.0820. The minimum atomic E-state index is 0.0820. The van der Waals surface area contributed by atoms with Crippen molar-refractivity contribution in [1.82, 2.24) is 14.7 Å². The summed E-state index contributed by atoms with van der Waals surface area (Å²) < 4.78 is 5.28. The van der Waals surface area contributed by atoms with E-state index in [-0.39, 0.29) is 11.8 Å². The number of hydrogen-bond donors (Lipinski definition) is 0. The third kappa shape index (κ3) is 5.74. The molecule has 2 unspecified atom stereocenters. The Hall–Kier alpha value is -2.34. The van der Waals surface area contributed by atoms with Crippen molar-refractivity contribution in [3.05, 3.63) is 41.5 Å². The summed E-state index contributed by atoms with van der Waals surface area (Å²) in [6.45, 7) is 14.5. The predicted octanol–water partition coefficient (Wildman–Crippen LogP) is 4.32. The van der Waals surface area contributed by atoms with Gasteiger partial charge >= 0.3 is 0 Å². The van der Waals surface area contributed by atoms with Crippen LogP contribution in [0.4, 0.5) is 0 Å². The molecule has 2 fully saturated rings. The van der Waals surface area contributed by atoms with Gasteiger partial charge in [-0.15, -0.1) is 0 Å². The van der Waals surface area contributed by atoms with Crippen LogP contribution in [0.15, 0.2) is 35.9 Å². The van der Waals surface area contributed by atoms with Crippen LogP contribution in [0.3, 0.4) is 0 Å². The molecule has 2 amide bonds. The summed E-state index contributed by atoms with van der Waals surface area (Å²) >= 11 is 0. The number of carbonyl (C=O) groups excluding carboxylic acids is 2. The summed E-state index contributed by atoms with van der Waals surface area (Å²) in [5.74, 6) is 2.87. The molecule has 1 heterocycles. The number of benzene rings is 1. The quantitative estimate of drug-likeness (QED) is 0.493. The van der Waals surface area contributed by atoms with Gasteiger partial charge in [-0.1, -0.05) is 39.3 Å². The van der Waals surface area contributed by atoms with Crippen LogP contribution in [0.5, 0.6) is 5.75 Å². The Labute approximate surface area is 211 Å². The van der Waals surface area contributed by atoms with Crippen LogP contribution < -0.4 is 4.74 Å². The summed E-state index contributed by atoms with van der Waals surface area (Å²) in [6.07, 6.45) is 5.42. The third-order valence-corrected chi connectivity index (χ3v) is 8.57. The zero-order valence-electron chi connectivity index (χ0n) is 22.3. The van der Waals surface area contributed by atoms with Crippen molar-refractivity contribution in [1.29, 1.82) is 0 Å².